The highest BCUT2D eigenvalue weighted by Crippen LogP contribution is 1.88. The van der Waals surface area contributed by atoms with E-state index in [9.17, 15) is 4.79 Å². The summed E-state index contributed by atoms with van der Waals surface area (Å²) in [4.78, 5) is 17.1. The Morgan fingerprint density at radius 1 is 1.80 bits per heavy atom. The van der Waals surface area contributed by atoms with Crippen molar-refractivity contribution < 1.29 is 0 Å². The van der Waals surface area contributed by atoms with Crippen molar-refractivity contribution in [3.63, 3.8) is 0 Å². The molecule has 1 aromatic heterocycles. The van der Waals surface area contributed by atoms with Crippen LogP contribution < -0.4 is 16.8 Å². The minimum atomic E-state index is -0.303. The van der Waals surface area contributed by atoms with Crippen LogP contribution in [0.5, 0.6) is 0 Å². The van der Waals surface area contributed by atoms with Gasteiger partial charge < -0.3 is 10.4 Å². The number of nitrogens with two attached hydrogens (primary N) is 1. The molecule has 0 radical (unpaired) electrons. The zero-order chi connectivity index (χ0) is 7.56. The molecule has 1 rings (SSSR count). The summed E-state index contributed by atoms with van der Waals surface area (Å²) < 4.78 is 0. The number of nitrogens with one attached hydrogen (secondary N) is 2. The van der Waals surface area contributed by atoms with Gasteiger partial charge in [-0.3, -0.25) is 4.79 Å². The van der Waals surface area contributed by atoms with E-state index in [1.54, 1.807) is 6.92 Å². The molecule has 0 amide bonds. The molecule has 1 heterocycles. The van der Waals surface area contributed by atoms with E-state index in [0.717, 1.165) is 0 Å². The van der Waals surface area contributed by atoms with E-state index in [-0.39, 0.29) is 11.4 Å². The Hall–Kier alpha value is -1.36. The molecule has 10 heavy (non-hydrogen) atoms. The summed E-state index contributed by atoms with van der Waals surface area (Å²) in [5.41, 5.74) is 2.58. The lowest BCUT2D eigenvalue weighted by atomic mass is 10.5. The number of H-pyrrole nitrogens is 1. The van der Waals surface area contributed by atoms with Gasteiger partial charge in [-0.15, -0.1) is 0 Å². The van der Waals surface area contributed by atoms with Crippen LogP contribution in [0.3, 0.4) is 0 Å². The second-order valence-corrected chi connectivity index (χ2v) is 1.89. The fourth-order valence-electron chi connectivity index (χ4n) is 0.593. The van der Waals surface area contributed by atoms with Gasteiger partial charge in [0.2, 0.25) is 5.82 Å². The normalized spacial score (nSPS) is 9.40. The molecular formula is C5H8N4O. The highest BCUT2D eigenvalue weighted by Gasteiger charge is 1.95. The molecule has 5 heteroatoms. The Balaban J connectivity index is 3.20. The third kappa shape index (κ3) is 1.14. The lowest BCUT2D eigenvalue weighted by Crippen LogP contribution is -2.20. The lowest BCUT2D eigenvalue weighted by Gasteiger charge is -1.95. The van der Waals surface area contributed by atoms with Crippen LogP contribution in [0.1, 0.15) is 5.69 Å². The molecule has 0 aliphatic heterocycles. The topological polar surface area (TPSA) is 83.8 Å². The van der Waals surface area contributed by atoms with Crippen LogP contribution in [0.2, 0.25) is 0 Å². The molecule has 0 saturated heterocycles. The van der Waals surface area contributed by atoms with Crippen molar-refractivity contribution in [1.29, 1.82) is 0 Å². The maximum Gasteiger partial charge on any atom is 0.292 e. The maximum atomic E-state index is 10.8. The van der Waals surface area contributed by atoms with E-state index < -0.39 is 0 Å². The smallest absolute Gasteiger partial charge is 0.292 e. The number of rotatable bonds is 1. The number of hydrogen-bond donors (Lipinski definition) is 3. The summed E-state index contributed by atoms with van der Waals surface area (Å²) in [6.45, 7) is 1.74. The summed E-state index contributed by atoms with van der Waals surface area (Å²) >= 11 is 0. The average molecular weight is 140 g/mol. The predicted molar refractivity (Wildman–Crippen MR) is 37.4 cm³/mol. The van der Waals surface area contributed by atoms with Gasteiger partial charge in [-0.2, -0.15) is 0 Å². The zero-order valence-electron chi connectivity index (χ0n) is 5.51. The Morgan fingerprint density at radius 2 is 2.50 bits per heavy atom. The quantitative estimate of drug-likeness (QED) is 0.358. The van der Waals surface area contributed by atoms with Crippen molar-refractivity contribution in [2.75, 3.05) is 5.43 Å². The molecule has 0 fully saturated rings. The van der Waals surface area contributed by atoms with Gasteiger partial charge in [-0.05, 0) is 6.92 Å². The van der Waals surface area contributed by atoms with Crippen molar-refractivity contribution >= 4 is 5.82 Å². The largest absolute Gasteiger partial charge is 0.322 e. The standard InChI is InChI=1S/C5H8N4O/c1-3-2-7-4(9-6)5(10)8-3/h2H,6H2,1H3,(H,7,9)(H,8,10). The molecule has 0 saturated carbocycles. The fraction of sp³-hybridized carbons (Fsp3) is 0.200. The second kappa shape index (κ2) is 2.49. The molecule has 1 aromatic rings. The monoisotopic (exact) mass is 140 g/mol. The van der Waals surface area contributed by atoms with E-state index in [2.05, 4.69) is 15.4 Å². The Kier molecular flexibility index (Phi) is 1.68. The number of hydrogen-bond acceptors (Lipinski definition) is 4. The molecule has 4 N–H and O–H groups in total. The summed E-state index contributed by atoms with van der Waals surface area (Å²) in [6.07, 6.45) is 1.52. The third-order valence-corrected chi connectivity index (χ3v) is 1.05. The van der Waals surface area contributed by atoms with Gasteiger partial charge in [0.1, 0.15) is 0 Å². The number of aromatic amines is 1. The van der Waals surface area contributed by atoms with E-state index in [0.29, 0.717) is 5.69 Å². The average Bonchev–Trinajstić information content (AvgIpc) is 1.88. The molecule has 0 unspecified atom stereocenters. The molecule has 0 aromatic carbocycles. The first-order valence-corrected chi connectivity index (χ1v) is 2.76. The molecular weight excluding hydrogens is 132 g/mol. The van der Waals surface area contributed by atoms with E-state index in [1.807, 2.05) is 0 Å². The molecule has 0 spiro atoms. The van der Waals surface area contributed by atoms with Gasteiger partial charge in [0, 0.05) is 11.9 Å². The first kappa shape index (κ1) is 6.76. The number of aryl methyl sites for hydroxylation is 1. The fourth-order valence-corrected chi connectivity index (χ4v) is 0.593. The van der Waals surface area contributed by atoms with Crippen LogP contribution in [0, 0.1) is 6.92 Å². The number of nitrogen functional groups attached to an aromatic ring is 1. The summed E-state index contributed by atoms with van der Waals surface area (Å²) in [6, 6.07) is 0. The molecule has 54 valence electrons. The van der Waals surface area contributed by atoms with Crippen molar-refractivity contribution in [2.24, 2.45) is 5.84 Å². The first-order chi connectivity index (χ1) is 4.74. The van der Waals surface area contributed by atoms with Crippen molar-refractivity contribution in [1.82, 2.24) is 9.97 Å². The SMILES string of the molecule is Cc1cnc(NN)c(=O)[nH]1. The van der Waals surface area contributed by atoms with Crippen molar-refractivity contribution in [3.8, 4) is 0 Å². The minimum absolute atomic E-state index is 0.130. The molecule has 0 aliphatic rings. The van der Waals surface area contributed by atoms with Gasteiger partial charge in [0.25, 0.3) is 5.56 Å². The highest BCUT2D eigenvalue weighted by atomic mass is 16.1. The number of nitrogens with zero attached hydrogens (tertiary/aromatic N) is 1. The van der Waals surface area contributed by atoms with Crippen LogP contribution in [0.25, 0.3) is 0 Å². The summed E-state index contributed by atoms with van der Waals surface area (Å²) in [5.74, 6) is 5.10. The maximum absolute atomic E-state index is 10.8. The molecule has 0 aliphatic carbocycles. The van der Waals surface area contributed by atoms with E-state index in [1.165, 1.54) is 6.20 Å². The van der Waals surface area contributed by atoms with Gasteiger partial charge in [-0.25, -0.2) is 10.8 Å². The van der Waals surface area contributed by atoms with E-state index in [4.69, 9.17) is 5.84 Å². The summed E-state index contributed by atoms with van der Waals surface area (Å²) in [5, 5.41) is 0. The van der Waals surface area contributed by atoms with Crippen LogP contribution in [0.15, 0.2) is 11.0 Å². The third-order valence-electron chi connectivity index (χ3n) is 1.05. The number of anilines is 1. The zero-order valence-corrected chi connectivity index (χ0v) is 5.51. The van der Waals surface area contributed by atoms with Gasteiger partial charge in [0.15, 0.2) is 0 Å². The van der Waals surface area contributed by atoms with Crippen LogP contribution in [0.4, 0.5) is 5.82 Å². The van der Waals surface area contributed by atoms with Gasteiger partial charge >= 0.3 is 0 Å². The first-order valence-electron chi connectivity index (χ1n) is 2.76. The predicted octanol–water partition coefficient (Wildman–Crippen LogP) is -0.636. The molecule has 0 atom stereocenters. The Bertz CT molecular complexity index is 279. The Morgan fingerprint density at radius 3 is 3.00 bits per heavy atom. The molecule has 0 bridgehead atoms. The van der Waals surface area contributed by atoms with Gasteiger partial charge in [0.05, 0.1) is 0 Å². The van der Waals surface area contributed by atoms with Crippen LogP contribution in [-0.4, -0.2) is 9.97 Å². The molecule has 5 nitrogen and oxygen atoms in total. The van der Waals surface area contributed by atoms with Crippen molar-refractivity contribution in [3.05, 3.63) is 22.2 Å². The Labute approximate surface area is 57.3 Å². The van der Waals surface area contributed by atoms with E-state index >= 15 is 0 Å². The van der Waals surface area contributed by atoms with Crippen molar-refractivity contribution in [2.45, 2.75) is 6.92 Å². The van der Waals surface area contributed by atoms with Crippen LogP contribution >= 0.6 is 0 Å². The second-order valence-electron chi connectivity index (χ2n) is 1.89. The highest BCUT2D eigenvalue weighted by molar-refractivity contribution is 5.28. The summed E-state index contributed by atoms with van der Waals surface area (Å²) in [7, 11) is 0. The number of aromatic nitrogens is 2. The van der Waals surface area contributed by atoms with Gasteiger partial charge in [-0.1, -0.05) is 0 Å². The minimum Gasteiger partial charge on any atom is -0.322 e. The number of hydrazine groups is 1. The van der Waals surface area contributed by atoms with Crippen LogP contribution in [-0.2, 0) is 0 Å². The lowest BCUT2D eigenvalue weighted by molar-refractivity contribution is 1.05.